The van der Waals surface area contributed by atoms with E-state index in [1.807, 2.05) is 19.9 Å². The molecule has 2 fully saturated rings. The first-order chi connectivity index (χ1) is 40.5. The highest BCUT2D eigenvalue weighted by Gasteiger charge is 2.50. The predicted octanol–water partition coefficient (Wildman–Crippen LogP) is 5.61. The molecule has 20 nitrogen and oxygen atoms in total. The summed E-state index contributed by atoms with van der Waals surface area (Å²) in [4.78, 5) is 146. The van der Waals surface area contributed by atoms with Gasteiger partial charge in [0.1, 0.15) is 30.2 Å². The second-order valence-electron chi connectivity index (χ2n) is 22.3. The van der Waals surface area contributed by atoms with Crippen LogP contribution in [0.4, 0.5) is 14.5 Å². The second kappa shape index (κ2) is 25.7. The number of benzene rings is 5. The number of imide groups is 1. The normalized spacial score (nSPS) is 18.2. The van der Waals surface area contributed by atoms with Crippen molar-refractivity contribution in [2.45, 2.75) is 120 Å². The van der Waals surface area contributed by atoms with Crippen LogP contribution in [0.5, 0.6) is 0 Å². The Morgan fingerprint density at radius 2 is 1.54 bits per heavy atom. The van der Waals surface area contributed by atoms with Crippen LogP contribution in [0.1, 0.15) is 126 Å². The van der Waals surface area contributed by atoms with Gasteiger partial charge in [-0.1, -0.05) is 98.5 Å². The topological polar surface area (TPSA) is 295 Å². The van der Waals surface area contributed by atoms with E-state index in [2.05, 4.69) is 33.1 Å². The molecule has 8 N–H and O–H groups in total. The molecule has 0 aromatic heterocycles. The van der Waals surface area contributed by atoms with Crippen molar-refractivity contribution in [3.05, 3.63) is 148 Å². The summed E-state index contributed by atoms with van der Waals surface area (Å²) in [5.74, 6) is 1.15. The van der Waals surface area contributed by atoms with Crippen LogP contribution in [-0.4, -0.2) is 110 Å². The van der Waals surface area contributed by atoms with Gasteiger partial charge < -0.3 is 41.3 Å². The molecule has 9 amide bonds. The molecular formula is C62H65F2N8O12P. The van der Waals surface area contributed by atoms with Crippen LogP contribution in [-0.2, 0) is 56.8 Å². The molecule has 23 heteroatoms. The summed E-state index contributed by atoms with van der Waals surface area (Å²) >= 11 is 0. The fourth-order valence-electron chi connectivity index (χ4n) is 11.5. The van der Waals surface area contributed by atoms with Gasteiger partial charge in [-0.05, 0) is 114 Å². The number of para-hydroxylation sites is 1. The Hall–Kier alpha value is -8.64. The number of fused-ring (bicyclic) bond motifs is 3. The SMILES string of the molecule is CC(C)C[C@H](NC(=O)c1ccc2ccc(C(F)(F)P(=O)(O)O)cc2c1)C(=O)N1c2ccccc2C[C@H]1C(=O)N[C@@H](CCC(N)=O)C(=O)N[C@H](C(=O)N1CCC(CCC#Cc2cccc3c2CN(C2CCC(=O)NC2=O)C3=O)CC1)c1ccccc1. The van der Waals surface area contributed by atoms with E-state index in [-0.39, 0.29) is 79.7 Å². The van der Waals surface area contributed by atoms with Crippen LogP contribution < -0.4 is 31.9 Å². The average molecular weight is 1180 g/mol. The molecule has 2 saturated heterocycles. The van der Waals surface area contributed by atoms with E-state index in [0.29, 0.717) is 65.7 Å². The van der Waals surface area contributed by atoms with Crippen molar-refractivity contribution in [3.63, 3.8) is 0 Å². The lowest BCUT2D eigenvalue weighted by Gasteiger charge is -2.35. The highest BCUT2D eigenvalue weighted by Crippen LogP contribution is 2.59. The standard InChI is InChI=1S/C62H65F2N8O12P/c1-36(2)31-48(67-55(75)42-20-19-38-21-22-44(33-43(38)32-42)62(63,64)85(82,83)84)60(80)72-49-18-9-8-15-41(49)34-51(72)58(78)66-47(23-25-52(65)73)56(76)69-54(40-13-4-3-5-14-40)61(81)70-29-27-37(28-30-70)11-6-7-12-39-16-10-17-45-46(39)35-71(59(45)79)50-24-26-53(74)68-57(50)77/h3-5,8-10,13-22,32-33,36-37,47-48,50-51,54H,6,11,23-31,34-35H2,1-2H3,(H2,65,73)(H,66,78)(H,67,75)(H,69,76)(H,68,74,77)(H2,82,83,84)/t47-,48-,50?,51-,54-/m0/s1. The van der Waals surface area contributed by atoms with Gasteiger partial charge in [0.15, 0.2) is 0 Å². The molecule has 0 bridgehead atoms. The maximum atomic E-state index is 15.0. The minimum atomic E-state index is -5.91. The molecule has 1 unspecified atom stereocenters. The number of carbonyl (C=O) groups is 9. The molecule has 5 aromatic carbocycles. The molecule has 4 aliphatic heterocycles. The van der Waals surface area contributed by atoms with Gasteiger partial charge in [0.25, 0.3) is 11.8 Å². The lowest BCUT2D eigenvalue weighted by atomic mass is 9.91. The monoisotopic (exact) mass is 1180 g/mol. The summed E-state index contributed by atoms with van der Waals surface area (Å²) in [5.41, 5.74) is 3.38. The van der Waals surface area contributed by atoms with E-state index in [4.69, 9.17) is 5.73 Å². The molecule has 4 aliphatic rings. The van der Waals surface area contributed by atoms with Crippen LogP contribution in [0, 0.1) is 23.7 Å². The van der Waals surface area contributed by atoms with Crippen molar-refractivity contribution in [3.8, 4) is 11.8 Å². The van der Waals surface area contributed by atoms with Crippen molar-refractivity contribution >= 4 is 77.2 Å². The smallest absolute Gasteiger partial charge is 0.370 e. The Bertz CT molecular complexity index is 3600. The van der Waals surface area contributed by atoms with E-state index in [1.54, 1.807) is 71.6 Å². The number of anilines is 1. The third kappa shape index (κ3) is 13.7. The molecule has 5 aromatic rings. The van der Waals surface area contributed by atoms with Gasteiger partial charge in [0.2, 0.25) is 41.4 Å². The van der Waals surface area contributed by atoms with Crippen molar-refractivity contribution < 1.29 is 66.3 Å². The van der Waals surface area contributed by atoms with Crippen LogP contribution in [0.2, 0.25) is 0 Å². The molecule has 4 heterocycles. The number of likely N-dealkylation sites (tertiary alicyclic amines) is 1. The third-order valence-electron chi connectivity index (χ3n) is 16.0. The number of carbonyl (C=O) groups excluding carboxylic acids is 9. The summed E-state index contributed by atoms with van der Waals surface area (Å²) < 4.78 is 41.1. The van der Waals surface area contributed by atoms with Gasteiger partial charge in [0, 0.05) is 73.3 Å². The van der Waals surface area contributed by atoms with Gasteiger partial charge in [-0.3, -0.25) is 57.9 Å². The maximum Gasteiger partial charge on any atom is 0.399 e. The minimum absolute atomic E-state index is 0.00976. The van der Waals surface area contributed by atoms with Crippen LogP contribution >= 0.6 is 7.60 Å². The molecule has 0 radical (unpaired) electrons. The quantitative estimate of drug-likeness (QED) is 0.0302. The van der Waals surface area contributed by atoms with Crippen molar-refractivity contribution in [1.82, 2.24) is 31.1 Å². The van der Waals surface area contributed by atoms with Crippen molar-refractivity contribution in [1.29, 1.82) is 0 Å². The number of nitrogens with two attached hydrogens (primary N) is 1. The Morgan fingerprint density at radius 3 is 2.25 bits per heavy atom. The molecule has 0 saturated carbocycles. The largest absolute Gasteiger partial charge is 0.399 e. The van der Waals surface area contributed by atoms with E-state index in [9.17, 15) is 66.3 Å². The molecule has 444 valence electrons. The van der Waals surface area contributed by atoms with Gasteiger partial charge in [-0.25, -0.2) is 0 Å². The summed E-state index contributed by atoms with van der Waals surface area (Å²) in [6.45, 7) is 4.59. The number of amides is 9. The number of primary amides is 1. The molecule has 5 atom stereocenters. The lowest BCUT2D eigenvalue weighted by molar-refractivity contribution is -0.139. The number of rotatable bonds is 19. The number of hydrogen-bond acceptors (Lipinski definition) is 10. The summed E-state index contributed by atoms with van der Waals surface area (Å²) in [7, 11) is -5.91. The zero-order valence-corrected chi connectivity index (χ0v) is 47.6. The second-order valence-corrected chi connectivity index (χ2v) is 24.0. The van der Waals surface area contributed by atoms with Gasteiger partial charge in [-0.15, -0.1) is 0 Å². The Balaban J connectivity index is 0.864. The number of alkyl halides is 2. The average Bonchev–Trinajstić information content (AvgIpc) is 2.16. The first-order valence-electron chi connectivity index (χ1n) is 28.2. The Labute approximate surface area is 488 Å². The van der Waals surface area contributed by atoms with E-state index in [1.165, 1.54) is 34.1 Å². The van der Waals surface area contributed by atoms with E-state index >= 15 is 0 Å². The zero-order chi connectivity index (χ0) is 60.9. The Morgan fingerprint density at radius 1 is 0.824 bits per heavy atom. The van der Waals surface area contributed by atoms with E-state index in [0.717, 1.165) is 24.1 Å². The van der Waals surface area contributed by atoms with Crippen LogP contribution in [0.25, 0.3) is 10.8 Å². The maximum absolute atomic E-state index is 15.0. The number of hydrogen-bond donors (Lipinski definition) is 7. The van der Waals surface area contributed by atoms with Crippen molar-refractivity contribution in [2.24, 2.45) is 17.6 Å². The number of piperidine rings is 2. The fraction of sp³-hybridized carbons (Fsp3) is 0.371. The van der Waals surface area contributed by atoms with Gasteiger partial charge in [0.05, 0.1) is 0 Å². The first kappa shape index (κ1) is 60.9. The zero-order valence-electron chi connectivity index (χ0n) is 46.7. The highest BCUT2D eigenvalue weighted by atomic mass is 31.2. The number of nitrogens with zero attached hydrogens (tertiary/aromatic N) is 3. The van der Waals surface area contributed by atoms with E-state index < -0.39 is 90.4 Å². The number of nitrogens with one attached hydrogen (secondary N) is 4. The molecule has 0 spiro atoms. The lowest BCUT2D eigenvalue weighted by Crippen LogP contribution is -2.58. The predicted molar refractivity (Wildman–Crippen MR) is 308 cm³/mol. The van der Waals surface area contributed by atoms with Gasteiger partial charge >= 0.3 is 13.3 Å². The molecular weight excluding hydrogens is 1120 g/mol. The third-order valence-corrected chi connectivity index (χ3v) is 17.0. The molecule has 0 aliphatic carbocycles. The Kier molecular flexibility index (Phi) is 18.4. The molecule has 9 rings (SSSR count). The van der Waals surface area contributed by atoms with Crippen molar-refractivity contribution in [2.75, 3.05) is 18.0 Å². The first-order valence-corrected chi connectivity index (χ1v) is 29.8. The van der Waals surface area contributed by atoms with Crippen LogP contribution in [0.15, 0.2) is 109 Å². The summed E-state index contributed by atoms with van der Waals surface area (Å²) in [6, 6.07) is 21.8. The van der Waals surface area contributed by atoms with Gasteiger partial charge in [-0.2, -0.15) is 8.78 Å². The minimum Gasteiger partial charge on any atom is -0.370 e. The fourth-order valence-corrected chi connectivity index (χ4v) is 11.9. The van der Waals surface area contributed by atoms with Crippen LogP contribution in [0.3, 0.4) is 0 Å². The highest BCUT2D eigenvalue weighted by molar-refractivity contribution is 7.52. The summed E-state index contributed by atoms with van der Waals surface area (Å²) in [5, 5.41) is 11.1. The summed E-state index contributed by atoms with van der Waals surface area (Å²) in [6.07, 6.45) is 2.43. The molecule has 85 heavy (non-hydrogen) atoms. The number of halogens is 2.